The third-order valence-corrected chi connectivity index (χ3v) is 6.15. The second-order valence-corrected chi connectivity index (χ2v) is 9.53. The normalized spacial score (nSPS) is 14.6. The van der Waals surface area contributed by atoms with Crippen LogP contribution in [0.4, 0.5) is 0 Å². The summed E-state index contributed by atoms with van der Waals surface area (Å²) in [6.07, 6.45) is 3.35. The molecule has 1 aromatic heterocycles. The molecule has 6 nitrogen and oxygen atoms in total. The minimum atomic E-state index is -0.542. The Morgan fingerprint density at radius 1 is 1.26 bits per heavy atom. The minimum Gasteiger partial charge on any atom is -0.460 e. The Morgan fingerprint density at radius 3 is 2.74 bits per heavy atom. The van der Waals surface area contributed by atoms with Crippen LogP contribution < -0.4 is 0 Å². The molecule has 0 spiro atoms. The SMILES string of the molecule is Cc1c([C@@H](CC(=O)OC(C)(C)C)c2cc(CO)c3c(c2)CCC3)ccc2c1nnn2C. The zero-order chi connectivity index (χ0) is 22.3. The third-order valence-electron chi connectivity index (χ3n) is 6.15. The van der Waals surface area contributed by atoms with Crippen LogP contribution in [0.1, 0.15) is 72.9 Å². The monoisotopic (exact) mass is 421 g/mol. The van der Waals surface area contributed by atoms with Crippen LogP contribution in [0.2, 0.25) is 0 Å². The molecule has 0 radical (unpaired) electrons. The van der Waals surface area contributed by atoms with Gasteiger partial charge >= 0.3 is 5.97 Å². The first kappa shape index (κ1) is 21.5. The van der Waals surface area contributed by atoms with Crippen molar-refractivity contribution in [2.24, 2.45) is 7.05 Å². The quantitative estimate of drug-likeness (QED) is 0.627. The molecule has 0 fully saturated rings. The Kier molecular flexibility index (Phi) is 5.60. The molecular weight excluding hydrogens is 390 g/mol. The van der Waals surface area contributed by atoms with E-state index in [-0.39, 0.29) is 24.9 Å². The van der Waals surface area contributed by atoms with Gasteiger partial charge in [-0.3, -0.25) is 4.79 Å². The number of aromatic nitrogens is 3. The highest BCUT2D eigenvalue weighted by Crippen LogP contribution is 2.37. The maximum atomic E-state index is 12.9. The fraction of sp³-hybridized carbons (Fsp3) is 0.480. The molecule has 0 amide bonds. The number of nitrogens with zero attached hydrogens (tertiary/aromatic N) is 3. The van der Waals surface area contributed by atoms with Crippen LogP contribution in [0, 0.1) is 6.92 Å². The van der Waals surface area contributed by atoms with Crippen LogP contribution in [0.3, 0.4) is 0 Å². The van der Waals surface area contributed by atoms with Crippen LogP contribution in [-0.4, -0.2) is 31.7 Å². The number of esters is 1. The largest absolute Gasteiger partial charge is 0.460 e. The Labute approximate surface area is 183 Å². The van der Waals surface area contributed by atoms with Crippen LogP contribution in [-0.2, 0) is 36.0 Å². The number of hydrogen-bond donors (Lipinski definition) is 1. The number of carbonyl (C=O) groups is 1. The van der Waals surface area contributed by atoms with Crippen molar-refractivity contribution in [2.75, 3.05) is 0 Å². The van der Waals surface area contributed by atoms with Crippen molar-refractivity contribution in [3.63, 3.8) is 0 Å². The van der Waals surface area contributed by atoms with Gasteiger partial charge in [0.1, 0.15) is 11.1 Å². The van der Waals surface area contributed by atoms with E-state index in [1.165, 1.54) is 11.1 Å². The molecule has 0 saturated carbocycles. The van der Waals surface area contributed by atoms with Gasteiger partial charge in [0.25, 0.3) is 0 Å². The Morgan fingerprint density at radius 2 is 2.03 bits per heavy atom. The van der Waals surface area contributed by atoms with Gasteiger partial charge in [0, 0.05) is 13.0 Å². The van der Waals surface area contributed by atoms with E-state index in [0.717, 1.165) is 52.5 Å². The zero-order valence-corrected chi connectivity index (χ0v) is 19.0. The van der Waals surface area contributed by atoms with E-state index in [0.29, 0.717) is 0 Å². The molecule has 1 heterocycles. The lowest BCUT2D eigenvalue weighted by atomic mass is 9.83. The first-order valence-corrected chi connectivity index (χ1v) is 10.9. The predicted molar refractivity (Wildman–Crippen MR) is 120 cm³/mol. The molecule has 4 rings (SSSR count). The molecule has 0 saturated heterocycles. The van der Waals surface area contributed by atoms with E-state index < -0.39 is 5.60 Å². The Bertz CT molecular complexity index is 1140. The number of hydrogen-bond acceptors (Lipinski definition) is 5. The van der Waals surface area contributed by atoms with Gasteiger partial charge in [-0.15, -0.1) is 5.10 Å². The van der Waals surface area contributed by atoms with Crippen LogP contribution >= 0.6 is 0 Å². The second-order valence-electron chi connectivity index (χ2n) is 9.53. The van der Waals surface area contributed by atoms with Gasteiger partial charge < -0.3 is 9.84 Å². The number of fused-ring (bicyclic) bond motifs is 2. The number of carbonyl (C=O) groups excluding carboxylic acids is 1. The summed E-state index contributed by atoms with van der Waals surface area (Å²) in [5.74, 6) is -0.417. The van der Waals surface area contributed by atoms with E-state index in [4.69, 9.17) is 4.74 Å². The number of ether oxygens (including phenoxy) is 1. The standard InChI is InChI=1S/C25H31N3O3/c1-15-19(9-10-22-24(15)26-27-28(22)5)21(13-23(30)31-25(2,3)4)17-11-16-7-6-8-20(16)18(12-17)14-29/h9-12,21,29H,6-8,13-14H2,1-5H3/t21-/m0/s1. The van der Waals surface area contributed by atoms with E-state index >= 15 is 0 Å². The van der Waals surface area contributed by atoms with Crippen molar-refractivity contribution >= 4 is 17.0 Å². The highest BCUT2D eigenvalue weighted by Gasteiger charge is 2.27. The summed E-state index contributed by atoms with van der Waals surface area (Å²) in [5.41, 5.74) is 7.89. The minimum absolute atomic E-state index is 0.0114. The molecule has 164 valence electrons. The Hall–Kier alpha value is -2.73. The number of aliphatic hydroxyl groups is 1. The van der Waals surface area contributed by atoms with Gasteiger partial charge in [0.05, 0.1) is 18.5 Å². The van der Waals surface area contributed by atoms with Gasteiger partial charge in [-0.05, 0) is 86.4 Å². The van der Waals surface area contributed by atoms with Crippen molar-refractivity contribution < 1.29 is 14.6 Å². The average Bonchev–Trinajstić information content (AvgIpc) is 3.32. The van der Waals surface area contributed by atoms with Crippen molar-refractivity contribution in [1.82, 2.24) is 15.0 Å². The molecule has 0 unspecified atom stereocenters. The first-order chi connectivity index (χ1) is 14.7. The van der Waals surface area contributed by atoms with Crippen LogP contribution in [0.25, 0.3) is 11.0 Å². The molecule has 1 aliphatic rings. The van der Waals surface area contributed by atoms with Crippen molar-refractivity contribution in [2.45, 2.75) is 71.5 Å². The van der Waals surface area contributed by atoms with Crippen LogP contribution in [0.15, 0.2) is 24.3 Å². The molecule has 1 N–H and O–H groups in total. The van der Waals surface area contributed by atoms with E-state index in [9.17, 15) is 9.90 Å². The highest BCUT2D eigenvalue weighted by molar-refractivity contribution is 5.80. The lowest BCUT2D eigenvalue weighted by Crippen LogP contribution is -2.25. The molecule has 1 atom stereocenters. The summed E-state index contributed by atoms with van der Waals surface area (Å²) in [5, 5.41) is 18.5. The fourth-order valence-corrected chi connectivity index (χ4v) is 4.75. The maximum Gasteiger partial charge on any atom is 0.307 e. The molecule has 1 aliphatic carbocycles. The van der Waals surface area contributed by atoms with Crippen molar-refractivity contribution in [3.8, 4) is 0 Å². The molecular formula is C25H31N3O3. The number of aryl methyl sites for hydroxylation is 3. The molecule has 2 aromatic carbocycles. The average molecular weight is 422 g/mol. The fourth-order valence-electron chi connectivity index (χ4n) is 4.75. The smallest absolute Gasteiger partial charge is 0.307 e. The molecule has 3 aromatic rings. The van der Waals surface area contributed by atoms with Crippen LogP contribution in [0.5, 0.6) is 0 Å². The summed E-state index contributed by atoms with van der Waals surface area (Å²) in [6, 6.07) is 8.37. The summed E-state index contributed by atoms with van der Waals surface area (Å²) in [7, 11) is 1.88. The predicted octanol–water partition coefficient (Wildman–Crippen LogP) is 4.12. The lowest BCUT2D eigenvalue weighted by molar-refractivity contribution is -0.155. The van der Waals surface area contributed by atoms with E-state index in [1.807, 2.05) is 40.8 Å². The number of benzene rings is 2. The molecule has 0 bridgehead atoms. The lowest BCUT2D eigenvalue weighted by Gasteiger charge is -2.25. The van der Waals surface area contributed by atoms with Gasteiger partial charge in [0.15, 0.2) is 0 Å². The molecule has 6 heteroatoms. The summed E-state index contributed by atoms with van der Waals surface area (Å²) < 4.78 is 7.43. The highest BCUT2D eigenvalue weighted by atomic mass is 16.6. The van der Waals surface area contributed by atoms with Gasteiger partial charge in [-0.1, -0.05) is 23.4 Å². The number of rotatable bonds is 5. The van der Waals surface area contributed by atoms with E-state index in [2.05, 4.69) is 28.5 Å². The summed E-state index contributed by atoms with van der Waals surface area (Å²) in [4.78, 5) is 12.9. The summed E-state index contributed by atoms with van der Waals surface area (Å²) in [6.45, 7) is 7.70. The van der Waals surface area contributed by atoms with Gasteiger partial charge in [-0.2, -0.15) is 0 Å². The second kappa shape index (κ2) is 8.08. The third kappa shape index (κ3) is 4.22. The molecule has 31 heavy (non-hydrogen) atoms. The number of aliphatic hydroxyl groups excluding tert-OH is 1. The van der Waals surface area contributed by atoms with Gasteiger partial charge in [0.2, 0.25) is 0 Å². The zero-order valence-electron chi connectivity index (χ0n) is 19.0. The molecule has 0 aliphatic heterocycles. The van der Waals surface area contributed by atoms with Crippen molar-refractivity contribution in [3.05, 3.63) is 57.6 Å². The summed E-state index contributed by atoms with van der Waals surface area (Å²) >= 11 is 0. The van der Waals surface area contributed by atoms with E-state index in [1.54, 1.807) is 4.68 Å². The first-order valence-electron chi connectivity index (χ1n) is 10.9. The van der Waals surface area contributed by atoms with Crippen molar-refractivity contribution in [1.29, 1.82) is 0 Å². The maximum absolute atomic E-state index is 12.9. The van der Waals surface area contributed by atoms with Gasteiger partial charge in [-0.25, -0.2) is 4.68 Å². The Balaban J connectivity index is 1.83. The topological polar surface area (TPSA) is 77.2 Å².